The number of aryl methyl sites for hydroxylation is 1. The summed E-state index contributed by atoms with van der Waals surface area (Å²) in [5, 5.41) is 4.18. The topological polar surface area (TPSA) is 24.4 Å². The molecule has 80 valence electrons. The summed E-state index contributed by atoms with van der Waals surface area (Å²) in [6, 6.07) is 18.1. The number of para-hydroxylation sites is 1. The van der Waals surface area contributed by atoms with Crippen molar-refractivity contribution in [2.24, 2.45) is 5.10 Å². The number of rotatable bonds is 3. The van der Waals surface area contributed by atoms with Gasteiger partial charge >= 0.3 is 0 Å². The number of benzene rings is 2. The molecule has 0 saturated heterocycles. The fourth-order valence-electron chi connectivity index (χ4n) is 1.44. The summed E-state index contributed by atoms with van der Waals surface area (Å²) < 4.78 is 0. The van der Waals surface area contributed by atoms with E-state index in [0.29, 0.717) is 0 Å². The third-order valence-electron chi connectivity index (χ3n) is 2.22. The highest BCUT2D eigenvalue weighted by atomic mass is 15.3. The van der Waals surface area contributed by atoms with Gasteiger partial charge in [-0.05, 0) is 24.6 Å². The molecule has 0 bridgehead atoms. The summed E-state index contributed by atoms with van der Waals surface area (Å²) in [5.74, 6) is 0. The lowest BCUT2D eigenvalue weighted by Crippen LogP contribution is -1.90. The van der Waals surface area contributed by atoms with Gasteiger partial charge < -0.3 is 0 Å². The number of anilines is 1. The lowest BCUT2D eigenvalue weighted by atomic mass is 10.2. The van der Waals surface area contributed by atoms with Gasteiger partial charge in [-0.25, -0.2) is 0 Å². The molecule has 2 rings (SSSR count). The van der Waals surface area contributed by atoms with E-state index < -0.39 is 0 Å². The Bertz CT molecular complexity index is 475. The first-order valence-corrected chi connectivity index (χ1v) is 5.25. The molecule has 0 spiro atoms. The van der Waals surface area contributed by atoms with E-state index in [2.05, 4.69) is 29.6 Å². The van der Waals surface area contributed by atoms with Crippen molar-refractivity contribution in [3.05, 3.63) is 65.7 Å². The summed E-state index contributed by atoms with van der Waals surface area (Å²) in [6.07, 6.45) is 1.82. The SMILES string of the molecule is Cc1cccc(C=NNc2ccccc2)c1. The smallest absolute Gasteiger partial charge is 0.0561 e. The van der Waals surface area contributed by atoms with Gasteiger partial charge in [-0.1, -0.05) is 48.0 Å². The van der Waals surface area contributed by atoms with E-state index in [-0.39, 0.29) is 0 Å². The fourth-order valence-corrected chi connectivity index (χ4v) is 1.44. The number of hydrogen-bond acceptors (Lipinski definition) is 2. The van der Waals surface area contributed by atoms with Crippen molar-refractivity contribution in [1.29, 1.82) is 0 Å². The van der Waals surface area contributed by atoms with Gasteiger partial charge in [0.2, 0.25) is 0 Å². The highest BCUT2D eigenvalue weighted by molar-refractivity contribution is 5.80. The van der Waals surface area contributed by atoms with Crippen LogP contribution in [0.25, 0.3) is 0 Å². The van der Waals surface area contributed by atoms with Crippen molar-refractivity contribution >= 4 is 11.9 Å². The molecule has 2 nitrogen and oxygen atoms in total. The zero-order valence-electron chi connectivity index (χ0n) is 9.22. The summed E-state index contributed by atoms with van der Waals surface area (Å²) >= 11 is 0. The monoisotopic (exact) mass is 210 g/mol. The van der Waals surface area contributed by atoms with Crippen LogP contribution >= 0.6 is 0 Å². The van der Waals surface area contributed by atoms with Crippen molar-refractivity contribution in [3.63, 3.8) is 0 Å². The Morgan fingerprint density at radius 1 is 1.00 bits per heavy atom. The van der Waals surface area contributed by atoms with Crippen LogP contribution in [0.5, 0.6) is 0 Å². The van der Waals surface area contributed by atoms with E-state index in [9.17, 15) is 0 Å². The van der Waals surface area contributed by atoms with Crippen LogP contribution in [0, 0.1) is 6.92 Å². The standard InChI is InChI=1S/C14H14N2/c1-12-6-5-7-13(10-12)11-15-16-14-8-3-2-4-9-14/h2-11,16H,1H3. The first-order chi connectivity index (χ1) is 7.84. The first kappa shape index (κ1) is 10.4. The van der Waals surface area contributed by atoms with Crippen molar-refractivity contribution in [3.8, 4) is 0 Å². The molecule has 0 fully saturated rings. The Morgan fingerprint density at radius 3 is 2.56 bits per heavy atom. The van der Waals surface area contributed by atoms with E-state index in [1.54, 1.807) is 0 Å². The van der Waals surface area contributed by atoms with E-state index in [1.165, 1.54) is 5.56 Å². The maximum atomic E-state index is 4.18. The van der Waals surface area contributed by atoms with Crippen LogP contribution in [0.2, 0.25) is 0 Å². The summed E-state index contributed by atoms with van der Waals surface area (Å²) in [6.45, 7) is 2.07. The van der Waals surface area contributed by atoms with Crippen LogP contribution < -0.4 is 5.43 Å². The Hall–Kier alpha value is -2.09. The predicted octanol–water partition coefficient (Wildman–Crippen LogP) is 3.44. The Balaban J connectivity index is 2.00. The Labute approximate surface area is 95.6 Å². The van der Waals surface area contributed by atoms with E-state index in [4.69, 9.17) is 0 Å². The molecule has 0 atom stereocenters. The summed E-state index contributed by atoms with van der Waals surface area (Å²) in [5.41, 5.74) is 6.31. The quantitative estimate of drug-likeness (QED) is 0.609. The molecule has 2 heteroatoms. The highest BCUT2D eigenvalue weighted by Crippen LogP contribution is 2.05. The Kier molecular flexibility index (Phi) is 3.34. The van der Waals surface area contributed by atoms with Gasteiger partial charge in [0.05, 0.1) is 11.9 Å². The van der Waals surface area contributed by atoms with Gasteiger partial charge in [-0.3, -0.25) is 5.43 Å². The number of hydrogen-bond donors (Lipinski definition) is 1. The summed E-state index contributed by atoms with van der Waals surface area (Å²) in [4.78, 5) is 0. The summed E-state index contributed by atoms with van der Waals surface area (Å²) in [7, 11) is 0. The Morgan fingerprint density at radius 2 is 1.81 bits per heavy atom. The molecule has 1 N–H and O–H groups in total. The van der Waals surface area contributed by atoms with Crippen LogP contribution in [0.4, 0.5) is 5.69 Å². The lowest BCUT2D eigenvalue weighted by molar-refractivity contribution is 1.35. The van der Waals surface area contributed by atoms with Crippen molar-refractivity contribution in [2.75, 3.05) is 5.43 Å². The van der Waals surface area contributed by atoms with E-state index >= 15 is 0 Å². The molecule has 0 radical (unpaired) electrons. The molecule has 0 aliphatic carbocycles. The largest absolute Gasteiger partial charge is 0.279 e. The first-order valence-electron chi connectivity index (χ1n) is 5.25. The third kappa shape index (κ3) is 2.95. The fraction of sp³-hybridized carbons (Fsp3) is 0.0714. The second-order valence-electron chi connectivity index (χ2n) is 3.65. The highest BCUT2D eigenvalue weighted by Gasteiger charge is 1.88. The van der Waals surface area contributed by atoms with Gasteiger partial charge in [-0.15, -0.1) is 0 Å². The number of hydrazone groups is 1. The van der Waals surface area contributed by atoms with Crippen LogP contribution in [0.3, 0.4) is 0 Å². The molecule has 0 aliphatic heterocycles. The van der Waals surface area contributed by atoms with Gasteiger partial charge in [0.15, 0.2) is 0 Å². The molecule has 2 aromatic carbocycles. The average Bonchev–Trinajstić information content (AvgIpc) is 2.30. The molecular formula is C14H14N2. The molecule has 0 amide bonds. The van der Waals surface area contributed by atoms with Crippen molar-refractivity contribution < 1.29 is 0 Å². The lowest BCUT2D eigenvalue weighted by Gasteiger charge is -1.99. The average molecular weight is 210 g/mol. The second-order valence-corrected chi connectivity index (χ2v) is 3.65. The van der Waals surface area contributed by atoms with Crippen LogP contribution in [0.15, 0.2) is 59.7 Å². The molecule has 0 saturated carbocycles. The maximum Gasteiger partial charge on any atom is 0.0561 e. The van der Waals surface area contributed by atoms with E-state index in [1.807, 2.05) is 48.7 Å². The van der Waals surface area contributed by atoms with Gasteiger partial charge in [-0.2, -0.15) is 5.10 Å². The molecule has 0 heterocycles. The number of nitrogens with one attached hydrogen (secondary N) is 1. The number of nitrogens with zero attached hydrogens (tertiary/aromatic N) is 1. The molecule has 0 unspecified atom stereocenters. The predicted molar refractivity (Wildman–Crippen MR) is 68.8 cm³/mol. The zero-order valence-corrected chi connectivity index (χ0v) is 9.22. The van der Waals surface area contributed by atoms with Gasteiger partial charge in [0.25, 0.3) is 0 Å². The zero-order chi connectivity index (χ0) is 11.2. The molecule has 0 aliphatic rings. The van der Waals surface area contributed by atoms with Crippen LogP contribution in [-0.2, 0) is 0 Å². The van der Waals surface area contributed by atoms with Crippen LogP contribution in [0.1, 0.15) is 11.1 Å². The molecule has 0 aromatic heterocycles. The van der Waals surface area contributed by atoms with Crippen LogP contribution in [-0.4, -0.2) is 6.21 Å². The minimum Gasteiger partial charge on any atom is -0.279 e. The molecule has 2 aromatic rings. The molecular weight excluding hydrogens is 196 g/mol. The van der Waals surface area contributed by atoms with Gasteiger partial charge in [0.1, 0.15) is 0 Å². The molecule has 16 heavy (non-hydrogen) atoms. The minimum absolute atomic E-state index is 0.992. The van der Waals surface area contributed by atoms with Crippen molar-refractivity contribution in [1.82, 2.24) is 0 Å². The maximum absolute atomic E-state index is 4.18. The van der Waals surface area contributed by atoms with Gasteiger partial charge in [0, 0.05) is 0 Å². The second kappa shape index (κ2) is 5.12. The van der Waals surface area contributed by atoms with E-state index in [0.717, 1.165) is 11.3 Å². The third-order valence-corrected chi connectivity index (χ3v) is 2.22. The minimum atomic E-state index is 0.992. The van der Waals surface area contributed by atoms with Crippen molar-refractivity contribution in [2.45, 2.75) is 6.92 Å². The normalized spacial score (nSPS) is 10.6.